The van der Waals surface area contributed by atoms with E-state index in [4.69, 9.17) is 4.74 Å². The predicted molar refractivity (Wildman–Crippen MR) is 92.1 cm³/mol. The molecule has 1 saturated heterocycles. The number of unbranched alkanes of at least 4 members (excludes halogenated alkanes) is 1. The van der Waals surface area contributed by atoms with E-state index in [2.05, 4.69) is 17.1 Å². The monoisotopic (exact) mass is 316 g/mol. The Labute approximate surface area is 139 Å². The van der Waals surface area contributed by atoms with Crippen molar-refractivity contribution in [2.45, 2.75) is 51.5 Å². The molecule has 0 aliphatic carbocycles. The van der Waals surface area contributed by atoms with E-state index in [0.29, 0.717) is 0 Å². The number of rotatable bonds is 6. The number of carbonyl (C=O) groups excluding carboxylic acids is 1. The Hall–Kier alpha value is -1.55. The minimum atomic E-state index is 0.0334. The number of likely N-dealkylation sites (tertiary alicyclic amines) is 1. The van der Waals surface area contributed by atoms with Crippen molar-refractivity contribution in [3.63, 3.8) is 0 Å². The van der Waals surface area contributed by atoms with Crippen molar-refractivity contribution in [1.82, 2.24) is 10.2 Å². The van der Waals surface area contributed by atoms with Crippen LogP contribution in [0.4, 0.5) is 0 Å². The van der Waals surface area contributed by atoms with Crippen LogP contribution in [0.1, 0.15) is 54.9 Å². The highest BCUT2D eigenvalue weighted by Gasteiger charge is 2.17. The van der Waals surface area contributed by atoms with Crippen LogP contribution in [0.5, 0.6) is 5.75 Å². The molecule has 2 heterocycles. The van der Waals surface area contributed by atoms with Crippen LogP contribution in [0.2, 0.25) is 0 Å². The molecule has 0 aromatic heterocycles. The summed E-state index contributed by atoms with van der Waals surface area (Å²) in [4.78, 5) is 14.8. The molecular weight excluding hydrogens is 288 g/mol. The first-order valence-electron chi connectivity index (χ1n) is 9.02. The maximum atomic E-state index is 12.2. The van der Waals surface area contributed by atoms with Crippen LogP contribution >= 0.6 is 0 Å². The first-order chi connectivity index (χ1) is 11.2. The summed E-state index contributed by atoms with van der Waals surface area (Å²) in [6, 6.07) is 6.46. The molecule has 4 nitrogen and oxygen atoms in total. The number of amides is 1. The first-order valence-corrected chi connectivity index (χ1v) is 9.02. The van der Waals surface area contributed by atoms with Gasteiger partial charge in [0.1, 0.15) is 5.75 Å². The molecule has 1 unspecified atom stereocenters. The second kappa shape index (κ2) is 7.82. The van der Waals surface area contributed by atoms with Gasteiger partial charge in [-0.25, -0.2) is 0 Å². The molecule has 126 valence electrons. The van der Waals surface area contributed by atoms with Crippen LogP contribution in [0, 0.1) is 0 Å². The zero-order chi connectivity index (χ0) is 16.1. The van der Waals surface area contributed by atoms with Gasteiger partial charge in [-0.2, -0.15) is 0 Å². The van der Waals surface area contributed by atoms with Gasteiger partial charge in [-0.05, 0) is 69.5 Å². The molecule has 23 heavy (non-hydrogen) atoms. The van der Waals surface area contributed by atoms with Gasteiger partial charge >= 0.3 is 0 Å². The van der Waals surface area contributed by atoms with Crippen molar-refractivity contribution in [2.75, 3.05) is 26.2 Å². The highest BCUT2D eigenvalue weighted by molar-refractivity contribution is 5.94. The summed E-state index contributed by atoms with van der Waals surface area (Å²) in [5.41, 5.74) is 1.90. The highest BCUT2D eigenvalue weighted by Crippen LogP contribution is 2.25. The van der Waals surface area contributed by atoms with Crippen LogP contribution in [0.15, 0.2) is 18.2 Å². The molecule has 0 bridgehead atoms. The summed E-state index contributed by atoms with van der Waals surface area (Å²) in [7, 11) is 0. The molecule has 1 fully saturated rings. The quantitative estimate of drug-likeness (QED) is 0.820. The van der Waals surface area contributed by atoms with Gasteiger partial charge in [-0.1, -0.05) is 6.42 Å². The van der Waals surface area contributed by atoms with E-state index in [0.717, 1.165) is 61.9 Å². The topological polar surface area (TPSA) is 41.6 Å². The summed E-state index contributed by atoms with van der Waals surface area (Å²) in [6.45, 7) is 6.22. The average molecular weight is 316 g/mol. The standard InChI is InChI=1S/C19H28N2O2/c1-15-6-2-4-11-21(15)12-5-3-10-20-19(22)17-7-8-18-16(14-17)9-13-23-18/h7-8,14-15H,2-6,9-13H2,1H3,(H,20,22). The number of carbonyl (C=O) groups is 1. The lowest BCUT2D eigenvalue weighted by atomic mass is 10.0. The Balaban J connectivity index is 1.36. The normalized spacial score (nSPS) is 20.8. The lowest BCUT2D eigenvalue weighted by Gasteiger charge is -2.33. The van der Waals surface area contributed by atoms with Gasteiger partial charge in [0.2, 0.25) is 0 Å². The number of hydrogen-bond acceptors (Lipinski definition) is 3. The van der Waals surface area contributed by atoms with Crippen LogP contribution < -0.4 is 10.1 Å². The third-order valence-corrected chi connectivity index (χ3v) is 5.05. The van der Waals surface area contributed by atoms with Crippen molar-refractivity contribution >= 4 is 5.91 Å². The summed E-state index contributed by atoms with van der Waals surface area (Å²) in [5, 5.41) is 3.04. The number of benzene rings is 1. The van der Waals surface area contributed by atoms with Crippen LogP contribution in [0.3, 0.4) is 0 Å². The molecule has 1 aromatic carbocycles. The van der Waals surface area contributed by atoms with E-state index in [-0.39, 0.29) is 5.91 Å². The van der Waals surface area contributed by atoms with Crippen LogP contribution in [0.25, 0.3) is 0 Å². The van der Waals surface area contributed by atoms with Gasteiger partial charge < -0.3 is 15.0 Å². The number of hydrogen-bond donors (Lipinski definition) is 1. The number of piperidine rings is 1. The van der Waals surface area contributed by atoms with Gasteiger partial charge in [0.05, 0.1) is 6.61 Å². The molecule has 2 aliphatic rings. The van der Waals surface area contributed by atoms with E-state index >= 15 is 0 Å². The molecule has 1 amide bonds. The Bertz CT molecular complexity index is 544. The van der Waals surface area contributed by atoms with Gasteiger partial charge in [-0.3, -0.25) is 4.79 Å². The Morgan fingerprint density at radius 1 is 1.35 bits per heavy atom. The SMILES string of the molecule is CC1CCCCN1CCCCNC(=O)c1ccc2c(c1)CCO2. The van der Waals surface area contributed by atoms with Crippen LogP contribution in [-0.4, -0.2) is 43.1 Å². The summed E-state index contributed by atoms with van der Waals surface area (Å²) >= 11 is 0. The third-order valence-electron chi connectivity index (χ3n) is 5.05. The van der Waals surface area contributed by atoms with Gasteiger partial charge in [-0.15, -0.1) is 0 Å². The fraction of sp³-hybridized carbons (Fsp3) is 0.632. The summed E-state index contributed by atoms with van der Waals surface area (Å²) in [5.74, 6) is 0.961. The Morgan fingerprint density at radius 3 is 3.13 bits per heavy atom. The molecule has 2 aliphatic heterocycles. The predicted octanol–water partition coefficient (Wildman–Crippen LogP) is 3.01. The van der Waals surface area contributed by atoms with E-state index in [1.54, 1.807) is 0 Å². The molecule has 0 spiro atoms. The molecule has 0 radical (unpaired) electrons. The van der Waals surface area contributed by atoms with Gasteiger partial charge in [0, 0.05) is 24.6 Å². The molecule has 3 rings (SSSR count). The molecule has 0 saturated carbocycles. The lowest BCUT2D eigenvalue weighted by Crippen LogP contribution is -2.38. The molecular formula is C19H28N2O2. The van der Waals surface area contributed by atoms with E-state index in [1.165, 1.54) is 25.8 Å². The third kappa shape index (κ3) is 4.25. The lowest BCUT2D eigenvalue weighted by molar-refractivity contribution is 0.0951. The fourth-order valence-corrected chi connectivity index (χ4v) is 3.56. The number of nitrogens with one attached hydrogen (secondary N) is 1. The van der Waals surface area contributed by atoms with Crippen molar-refractivity contribution in [2.24, 2.45) is 0 Å². The van der Waals surface area contributed by atoms with E-state index in [1.807, 2.05) is 18.2 Å². The average Bonchev–Trinajstić information content (AvgIpc) is 3.03. The Morgan fingerprint density at radius 2 is 2.26 bits per heavy atom. The van der Waals surface area contributed by atoms with E-state index < -0.39 is 0 Å². The highest BCUT2D eigenvalue weighted by atomic mass is 16.5. The molecule has 1 N–H and O–H groups in total. The van der Waals surface area contributed by atoms with E-state index in [9.17, 15) is 4.79 Å². The largest absolute Gasteiger partial charge is 0.493 e. The first kappa shape index (κ1) is 16.3. The zero-order valence-electron chi connectivity index (χ0n) is 14.1. The van der Waals surface area contributed by atoms with Gasteiger partial charge in [0.15, 0.2) is 0 Å². The summed E-state index contributed by atoms with van der Waals surface area (Å²) < 4.78 is 5.48. The van der Waals surface area contributed by atoms with Crippen molar-refractivity contribution < 1.29 is 9.53 Å². The Kier molecular flexibility index (Phi) is 5.55. The number of fused-ring (bicyclic) bond motifs is 1. The maximum Gasteiger partial charge on any atom is 0.251 e. The molecule has 4 heteroatoms. The molecule has 1 aromatic rings. The van der Waals surface area contributed by atoms with Crippen LogP contribution in [-0.2, 0) is 6.42 Å². The number of ether oxygens (including phenoxy) is 1. The number of nitrogens with zero attached hydrogens (tertiary/aromatic N) is 1. The van der Waals surface area contributed by atoms with Gasteiger partial charge in [0.25, 0.3) is 5.91 Å². The summed E-state index contributed by atoms with van der Waals surface area (Å²) in [6.07, 6.45) is 7.15. The minimum absolute atomic E-state index is 0.0334. The second-order valence-electron chi connectivity index (χ2n) is 6.76. The molecule has 1 atom stereocenters. The zero-order valence-corrected chi connectivity index (χ0v) is 14.1. The van der Waals surface area contributed by atoms with Crippen molar-refractivity contribution in [1.29, 1.82) is 0 Å². The minimum Gasteiger partial charge on any atom is -0.493 e. The maximum absolute atomic E-state index is 12.2. The van der Waals surface area contributed by atoms with Crippen molar-refractivity contribution in [3.8, 4) is 5.75 Å². The second-order valence-corrected chi connectivity index (χ2v) is 6.76. The smallest absolute Gasteiger partial charge is 0.251 e. The van der Waals surface area contributed by atoms with Crippen molar-refractivity contribution in [3.05, 3.63) is 29.3 Å². The fourth-order valence-electron chi connectivity index (χ4n) is 3.56.